The number of hydrogen-bond donors (Lipinski definition) is 1. The largest absolute Gasteiger partial charge is 0.310 e. The van der Waals surface area contributed by atoms with E-state index in [0.717, 1.165) is 23.0 Å². The minimum atomic E-state index is 0.576. The first-order valence-electron chi connectivity index (χ1n) is 7.09. The number of nitrogens with one attached hydrogen (secondary N) is 1. The van der Waals surface area contributed by atoms with E-state index in [4.69, 9.17) is 11.6 Å². The van der Waals surface area contributed by atoms with Crippen LogP contribution in [0.25, 0.3) is 0 Å². The zero-order valence-electron chi connectivity index (χ0n) is 11.2. The lowest BCUT2D eigenvalue weighted by molar-refractivity contribution is 0.336. The van der Waals surface area contributed by atoms with Crippen molar-refractivity contribution in [2.45, 2.75) is 58.0 Å². The predicted molar refractivity (Wildman–Crippen MR) is 76.7 cm³/mol. The van der Waals surface area contributed by atoms with Gasteiger partial charge in [-0.05, 0) is 37.3 Å². The fourth-order valence-electron chi connectivity index (χ4n) is 2.80. The second-order valence-corrected chi connectivity index (χ2v) is 5.80. The van der Waals surface area contributed by atoms with Crippen molar-refractivity contribution in [2.75, 3.05) is 0 Å². The Balaban J connectivity index is 1.83. The van der Waals surface area contributed by atoms with Crippen LogP contribution in [0.3, 0.4) is 0 Å². The van der Waals surface area contributed by atoms with E-state index in [1.54, 1.807) is 12.4 Å². The van der Waals surface area contributed by atoms with Gasteiger partial charge in [0, 0.05) is 25.0 Å². The highest BCUT2D eigenvalue weighted by Gasteiger charge is 2.18. The van der Waals surface area contributed by atoms with E-state index in [1.807, 2.05) is 6.07 Å². The van der Waals surface area contributed by atoms with Crippen LogP contribution < -0.4 is 5.32 Å². The van der Waals surface area contributed by atoms with Crippen LogP contribution in [0.5, 0.6) is 0 Å². The van der Waals surface area contributed by atoms with Gasteiger partial charge in [-0.2, -0.15) is 0 Å². The second-order valence-electron chi connectivity index (χ2n) is 5.39. The highest BCUT2D eigenvalue weighted by molar-refractivity contribution is 6.31. The molecule has 1 aromatic heterocycles. The molecule has 100 valence electrons. The van der Waals surface area contributed by atoms with E-state index < -0.39 is 0 Å². The third-order valence-electron chi connectivity index (χ3n) is 4.08. The van der Waals surface area contributed by atoms with Gasteiger partial charge in [0.15, 0.2) is 0 Å². The summed E-state index contributed by atoms with van der Waals surface area (Å²) in [7, 11) is 0. The van der Waals surface area contributed by atoms with Crippen molar-refractivity contribution in [3.05, 3.63) is 29.0 Å². The fraction of sp³-hybridized carbons (Fsp3) is 0.667. The first kappa shape index (κ1) is 13.8. The van der Waals surface area contributed by atoms with Crippen molar-refractivity contribution in [2.24, 2.45) is 5.92 Å². The topological polar surface area (TPSA) is 24.9 Å². The summed E-state index contributed by atoms with van der Waals surface area (Å²) >= 11 is 6.12. The van der Waals surface area contributed by atoms with Gasteiger partial charge in [-0.1, -0.05) is 37.3 Å². The molecule has 18 heavy (non-hydrogen) atoms. The average Bonchev–Trinajstić information content (AvgIpc) is 2.66. The van der Waals surface area contributed by atoms with Gasteiger partial charge in [0.05, 0.1) is 5.02 Å². The number of pyridine rings is 1. The molecule has 2 rings (SSSR count). The Bertz CT molecular complexity index is 359. The third-order valence-corrected chi connectivity index (χ3v) is 4.42. The molecule has 0 amide bonds. The summed E-state index contributed by atoms with van der Waals surface area (Å²) in [5, 5.41) is 4.39. The normalized spacial score (nSPS) is 19.4. The van der Waals surface area contributed by atoms with Crippen LogP contribution in [-0.4, -0.2) is 11.0 Å². The molecule has 1 atom stereocenters. The average molecular weight is 267 g/mol. The predicted octanol–water partition coefficient (Wildman–Crippen LogP) is 4.18. The van der Waals surface area contributed by atoms with Crippen LogP contribution in [0.1, 0.15) is 51.0 Å². The van der Waals surface area contributed by atoms with Gasteiger partial charge in [-0.25, -0.2) is 0 Å². The van der Waals surface area contributed by atoms with Gasteiger partial charge in [0.1, 0.15) is 0 Å². The van der Waals surface area contributed by atoms with Crippen molar-refractivity contribution < 1.29 is 0 Å². The van der Waals surface area contributed by atoms with Crippen molar-refractivity contribution in [3.8, 4) is 0 Å². The maximum absolute atomic E-state index is 6.12. The maximum atomic E-state index is 6.12. The summed E-state index contributed by atoms with van der Waals surface area (Å²) in [6.07, 6.45) is 11.9. The number of aromatic nitrogens is 1. The first-order valence-corrected chi connectivity index (χ1v) is 7.47. The van der Waals surface area contributed by atoms with Crippen LogP contribution in [0.4, 0.5) is 0 Å². The monoisotopic (exact) mass is 266 g/mol. The highest BCUT2D eigenvalue weighted by atomic mass is 35.5. The van der Waals surface area contributed by atoms with Crippen LogP contribution >= 0.6 is 11.6 Å². The summed E-state index contributed by atoms with van der Waals surface area (Å²) in [4.78, 5) is 4.01. The van der Waals surface area contributed by atoms with Gasteiger partial charge in [-0.15, -0.1) is 0 Å². The lowest BCUT2D eigenvalue weighted by Crippen LogP contribution is -2.33. The molecule has 1 saturated carbocycles. The van der Waals surface area contributed by atoms with Crippen LogP contribution in [-0.2, 0) is 6.54 Å². The molecule has 0 radical (unpaired) electrons. The molecular formula is C15H23ClN2. The minimum Gasteiger partial charge on any atom is -0.310 e. The summed E-state index contributed by atoms with van der Waals surface area (Å²) in [5.74, 6) is 0.827. The summed E-state index contributed by atoms with van der Waals surface area (Å²) < 4.78 is 0. The van der Waals surface area contributed by atoms with E-state index in [1.165, 1.54) is 38.5 Å². The highest BCUT2D eigenvalue weighted by Crippen LogP contribution is 2.25. The Morgan fingerprint density at radius 3 is 2.72 bits per heavy atom. The number of nitrogens with zero attached hydrogens (tertiary/aromatic N) is 1. The summed E-state index contributed by atoms with van der Waals surface area (Å²) in [5.41, 5.74) is 1.15. The Morgan fingerprint density at radius 1 is 1.33 bits per heavy atom. The van der Waals surface area contributed by atoms with Crippen LogP contribution in [0.2, 0.25) is 5.02 Å². The Labute approximate surface area is 115 Å². The SMILES string of the molecule is C[C@H](NCc1ccncc1Cl)C1CCCCCC1. The first-order chi connectivity index (χ1) is 8.77. The molecule has 3 heteroatoms. The van der Waals surface area contributed by atoms with Crippen molar-refractivity contribution in [1.29, 1.82) is 0 Å². The number of hydrogen-bond acceptors (Lipinski definition) is 2. The van der Waals surface area contributed by atoms with Crippen molar-refractivity contribution in [1.82, 2.24) is 10.3 Å². The molecule has 0 bridgehead atoms. The molecule has 0 unspecified atom stereocenters. The van der Waals surface area contributed by atoms with Crippen LogP contribution in [0.15, 0.2) is 18.5 Å². The zero-order valence-corrected chi connectivity index (χ0v) is 11.9. The molecule has 1 aliphatic carbocycles. The van der Waals surface area contributed by atoms with Gasteiger partial charge < -0.3 is 5.32 Å². The molecule has 0 aliphatic heterocycles. The minimum absolute atomic E-state index is 0.576. The van der Waals surface area contributed by atoms with E-state index in [-0.39, 0.29) is 0 Å². The smallest absolute Gasteiger partial charge is 0.0634 e. The number of rotatable bonds is 4. The van der Waals surface area contributed by atoms with E-state index in [2.05, 4.69) is 17.2 Å². The Morgan fingerprint density at radius 2 is 2.06 bits per heavy atom. The second kappa shape index (κ2) is 7.10. The molecule has 0 saturated heterocycles. The van der Waals surface area contributed by atoms with Gasteiger partial charge in [0.25, 0.3) is 0 Å². The van der Waals surface area contributed by atoms with E-state index in [9.17, 15) is 0 Å². The molecule has 0 spiro atoms. The molecule has 2 nitrogen and oxygen atoms in total. The van der Waals surface area contributed by atoms with Gasteiger partial charge >= 0.3 is 0 Å². The molecule has 1 aliphatic rings. The molecule has 1 N–H and O–H groups in total. The molecule has 0 aromatic carbocycles. The third kappa shape index (κ3) is 3.96. The molecular weight excluding hydrogens is 244 g/mol. The van der Waals surface area contributed by atoms with Crippen molar-refractivity contribution >= 4 is 11.6 Å². The molecule has 1 fully saturated rings. The van der Waals surface area contributed by atoms with Gasteiger partial charge in [0.2, 0.25) is 0 Å². The summed E-state index contributed by atoms with van der Waals surface area (Å²) in [6, 6.07) is 2.57. The molecule has 1 heterocycles. The lowest BCUT2D eigenvalue weighted by atomic mass is 9.93. The zero-order chi connectivity index (χ0) is 12.8. The standard InChI is InChI=1S/C15H23ClN2/c1-12(13-6-4-2-3-5-7-13)18-10-14-8-9-17-11-15(14)16/h8-9,11-13,18H,2-7,10H2,1H3/t12-/m0/s1. The Kier molecular flexibility index (Phi) is 5.45. The van der Waals surface area contributed by atoms with E-state index >= 15 is 0 Å². The van der Waals surface area contributed by atoms with Gasteiger partial charge in [-0.3, -0.25) is 4.98 Å². The van der Waals surface area contributed by atoms with E-state index in [0.29, 0.717) is 6.04 Å². The molecule has 1 aromatic rings. The fourth-order valence-corrected chi connectivity index (χ4v) is 2.98. The Hall–Kier alpha value is -0.600. The van der Waals surface area contributed by atoms with Crippen LogP contribution in [0, 0.1) is 5.92 Å². The maximum Gasteiger partial charge on any atom is 0.0634 e. The van der Waals surface area contributed by atoms with Crippen molar-refractivity contribution in [3.63, 3.8) is 0 Å². The quantitative estimate of drug-likeness (QED) is 0.827. The summed E-state index contributed by atoms with van der Waals surface area (Å²) in [6.45, 7) is 3.16. The number of halogens is 1. The lowest BCUT2D eigenvalue weighted by Gasteiger charge is -2.23.